The highest BCUT2D eigenvalue weighted by molar-refractivity contribution is 5.73. The van der Waals surface area contributed by atoms with Crippen LogP contribution in [0.25, 0.3) is 0 Å². The van der Waals surface area contributed by atoms with E-state index in [1.807, 2.05) is 0 Å². The average molecular weight is 236 g/mol. The summed E-state index contributed by atoms with van der Waals surface area (Å²) in [5.74, 6) is 6.59. The lowest BCUT2D eigenvalue weighted by atomic mass is 10.3. The van der Waals surface area contributed by atoms with E-state index in [1.165, 1.54) is 6.92 Å². The van der Waals surface area contributed by atoms with E-state index in [2.05, 4.69) is 25.6 Å². The average Bonchev–Trinajstić information content (AvgIpc) is 2.77. The lowest BCUT2D eigenvalue weighted by molar-refractivity contribution is -0.119. The summed E-state index contributed by atoms with van der Waals surface area (Å²) in [5.41, 5.74) is 2.46. The van der Waals surface area contributed by atoms with Gasteiger partial charge < -0.3 is 15.6 Å². The van der Waals surface area contributed by atoms with Gasteiger partial charge in [0.15, 0.2) is 5.82 Å². The first kappa shape index (κ1) is 11.6. The van der Waals surface area contributed by atoms with Crippen LogP contribution in [-0.4, -0.2) is 35.0 Å². The van der Waals surface area contributed by atoms with E-state index in [0.29, 0.717) is 5.82 Å². The van der Waals surface area contributed by atoms with Gasteiger partial charge in [-0.3, -0.25) is 9.78 Å². The highest BCUT2D eigenvalue weighted by Crippen LogP contribution is 2.18. The third kappa shape index (κ3) is 2.82. The number of amides is 1. The van der Waals surface area contributed by atoms with Gasteiger partial charge in [0.1, 0.15) is 5.82 Å². The summed E-state index contributed by atoms with van der Waals surface area (Å²) in [6.45, 7) is 3.14. The molecule has 92 valence electrons. The fourth-order valence-electron chi connectivity index (χ4n) is 1.95. The van der Waals surface area contributed by atoms with Crippen molar-refractivity contribution < 1.29 is 4.79 Å². The van der Waals surface area contributed by atoms with Crippen molar-refractivity contribution in [1.82, 2.24) is 15.3 Å². The molecule has 1 unspecified atom stereocenters. The minimum absolute atomic E-state index is 0.000287. The van der Waals surface area contributed by atoms with Gasteiger partial charge in [0, 0.05) is 26.1 Å². The Morgan fingerprint density at radius 3 is 3.12 bits per heavy atom. The molecule has 2 rings (SSSR count). The molecule has 1 saturated heterocycles. The van der Waals surface area contributed by atoms with Gasteiger partial charge in [0.2, 0.25) is 5.91 Å². The number of hydrazine groups is 1. The van der Waals surface area contributed by atoms with Gasteiger partial charge in [0.25, 0.3) is 0 Å². The van der Waals surface area contributed by atoms with Crippen LogP contribution in [0.1, 0.15) is 13.3 Å². The van der Waals surface area contributed by atoms with E-state index in [4.69, 9.17) is 5.84 Å². The van der Waals surface area contributed by atoms with Crippen LogP contribution >= 0.6 is 0 Å². The topological polar surface area (TPSA) is 96.2 Å². The molecule has 17 heavy (non-hydrogen) atoms. The Hall–Kier alpha value is -1.89. The predicted octanol–water partition coefficient (Wildman–Crippen LogP) is -0.523. The number of nitrogens with zero attached hydrogens (tertiary/aromatic N) is 3. The van der Waals surface area contributed by atoms with Gasteiger partial charge in [-0.1, -0.05) is 0 Å². The second-order valence-corrected chi connectivity index (χ2v) is 4.04. The van der Waals surface area contributed by atoms with Crippen LogP contribution in [-0.2, 0) is 4.79 Å². The molecule has 1 aliphatic rings. The van der Waals surface area contributed by atoms with Crippen LogP contribution in [0.5, 0.6) is 0 Å². The van der Waals surface area contributed by atoms with E-state index in [-0.39, 0.29) is 11.9 Å². The van der Waals surface area contributed by atoms with Gasteiger partial charge in [-0.2, -0.15) is 0 Å². The van der Waals surface area contributed by atoms with Crippen LogP contribution in [0.15, 0.2) is 12.4 Å². The third-order valence-electron chi connectivity index (χ3n) is 2.69. The number of aromatic nitrogens is 2. The molecule has 1 aromatic heterocycles. The monoisotopic (exact) mass is 236 g/mol. The quantitative estimate of drug-likeness (QED) is 0.482. The number of nitrogen functional groups attached to an aromatic ring is 1. The Morgan fingerprint density at radius 1 is 1.59 bits per heavy atom. The molecule has 1 amide bonds. The van der Waals surface area contributed by atoms with Crippen molar-refractivity contribution in [2.24, 2.45) is 5.84 Å². The molecule has 7 nitrogen and oxygen atoms in total. The summed E-state index contributed by atoms with van der Waals surface area (Å²) in [4.78, 5) is 21.4. The summed E-state index contributed by atoms with van der Waals surface area (Å²) in [5, 5.41) is 2.90. The summed E-state index contributed by atoms with van der Waals surface area (Å²) < 4.78 is 0. The molecule has 1 fully saturated rings. The molecule has 1 aromatic rings. The molecular formula is C10H16N6O. The first-order valence-corrected chi connectivity index (χ1v) is 5.49. The Balaban J connectivity index is 2.01. The standard InChI is InChI=1S/C10H16N6O/c1-7(17)13-8-2-3-16(6-8)10-5-12-4-9(14-10)15-11/h4-5,8H,2-3,6,11H2,1H3,(H,13,17)(H,14,15). The maximum absolute atomic E-state index is 11.0. The minimum Gasteiger partial charge on any atom is -0.353 e. The largest absolute Gasteiger partial charge is 0.353 e. The van der Waals surface area contributed by atoms with Gasteiger partial charge in [0.05, 0.1) is 12.4 Å². The van der Waals surface area contributed by atoms with Crippen LogP contribution < -0.4 is 21.5 Å². The highest BCUT2D eigenvalue weighted by Gasteiger charge is 2.24. The van der Waals surface area contributed by atoms with E-state index in [9.17, 15) is 4.79 Å². The van der Waals surface area contributed by atoms with Gasteiger partial charge in [-0.15, -0.1) is 0 Å². The molecule has 4 N–H and O–H groups in total. The van der Waals surface area contributed by atoms with Crippen LogP contribution in [0.3, 0.4) is 0 Å². The first-order valence-electron chi connectivity index (χ1n) is 5.49. The predicted molar refractivity (Wildman–Crippen MR) is 64.3 cm³/mol. The van der Waals surface area contributed by atoms with Crippen molar-refractivity contribution in [2.45, 2.75) is 19.4 Å². The van der Waals surface area contributed by atoms with Gasteiger partial charge >= 0.3 is 0 Å². The van der Waals surface area contributed by atoms with E-state index in [1.54, 1.807) is 12.4 Å². The van der Waals surface area contributed by atoms with Crippen molar-refractivity contribution >= 4 is 17.5 Å². The van der Waals surface area contributed by atoms with Crippen LogP contribution in [0.2, 0.25) is 0 Å². The molecule has 0 radical (unpaired) electrons. The Labute approximate surface area is 99.4 Å². The molecule has 1 atom stereocenters. The number of nitrogens with two attached hydrogens (primary N) is 1. The third-order valence-corrected chi connectivity index (χ3v) is 2.69. The van der Waals surface area contributed by atoms with Crippen molar-refractivity contribution in [2.75, 3.05) is 23.4 Å². The lowest BCUT2D eigenvalue weighted by Gasteiger charge is -2.17. The molecule has 2 heterocycles. The number of hydrogen-bond acceptors (Lipinski definition) is 6. The number of carbonyl (C=O) groups is 1. The molecular weight excluding hydrogens is 220 g/mol. The summed E-state index contributed by atoms with van der Waals surface area (Å²) in [6.07, 6.45) is 4.17. The molecule has 7 heteroatoms. The number of rotatable bonds is 3. The zero-order valence-electron chi connectivity index (χ0n) is 9.68. The smallest absolute Gasteiger partial charge is 0.217 e. The SMILES string of the molecule is CC(=O)NC1CCN(c2cncc(NN)n2)C1. The minimum atomic E-state index is 0.000287. The Bertz CT molecular complexity index is 410. The van der Waals surface area contributed by atoms with E-state index in [0.717, 1.165) is 25.3 Å². The van der Waals surface area contributed by atoms with Crippen molar-refractivity contribution in [3.05, 3.63) is 12.4 Å². The fraction of sp³-hybridized carbons (Fsp3) is 0.500. The molecule has 1 aliphatic heterocycles. The summed E-state index contributed by atoms with van der Waals surface area (Å²) in [7, 11) is 0. The number of nitrogens with one attached hydrogen (secondary N) is 2. The van der Waals surface area contributed by atoms with Crippen molar-refractivity contribution in [1.29, 1.82) is 0 Å². The summed E-state index contributed by atoms with van der Waals surface area (Å²) in [6, 6.07) is 0.184. The normalized spacial score (nSPS) is 19.2. The highest BCUT2D eigenvalue weighted by atomic mass is 16.1. The number of carbonyl (C=O) groups excluding carboxylic acids is 1. The Morgan fingerprint density at radius 2 is 2.41 bits per heavy atom. The maximum Gasteiger partial charge on any atom is 0.217 e. The maximum atomic E-state index is 11.0. The number of hydrogen-bond donors (Lipinski definition) is 3. The van der Waals surface area contributed by atoms with Crippen LogP contribution in [0, 0.1) is 0 Å². The summed E-state index contributed by atoms with van der Waals surface area (Å²) >= 11 is 0. The van der Waals surface area contributed by atoms with E-state index >= 15 is 0 Å². The molecule has 0 aliphatic carbocycles. The number of anilines is 2. The second-order valence-electron chi connectivity index (χ2n) is 4.04. The molecule has 0 bridgehead atoms. The second kappa shape index (κ2) is 4.96. The molecule has 0 spiro atoms. The first-order chi connectivity index (χ1) is 8.19. The van der Waals surface area contributed by atoms with Gasteiger partial charge in [-0.05, 0) is 6.42 Å². The Kier molecular flexibility index (Phi) is 3.38. The van der Waals surface area contributed by atoms with Crippen molar-refractivity contribution in [3.8, 4) is 0 Å². The lowest BCUT2D eigenvalue weighted by Crippen LogP contribution is -2.35. The van der Waals surface area contributed by atoms with Gasteiger partial charge in [-0.25, -0.2) is 10.8 Å². The fourth-order valence-corrected chi connectivity index (χ4v) is 1.95. The molecule has 0 saturated carbocycles. The van der Waals surface area contributed by atoms with E-state index < -0.39 is 0 Å². The molecule has 0 aromatic carbocycles. The zero-order valence-corrected chi connectivity index (χ0v) is 9.68. The van der Waals surface area contributed by atoms with Crippen molar-refractivity contribution in [3.63, 3.8) is 0 Å². The van der Waals surface area contributed by atoms with Crippen LogP contribution in [0.4, 0.5) is 11.6 Å². The zero-order chi connectivity index (χ0) is 12.3.